The van der Waals surface area contributed by atoms with Crippen LogP contribution in [0.3, 0.4) is 0 Å². The Hall–Kier alpha value is -1.89. The van der Waals surface area contributed by atoms with E-state index in [4.69, 9.17) is 0 Å². The van der Waals surface area contributed by atoms with Gasteiger partial charge in [-0.15, -0.1) is 0 Å². The molecule has 0 N–H and O–H groups in total. The van der Waals surface area contributed by atoms with Crippen LogP contribution in [0, 0.1) is 11.3 Å². The largest absolute Gasteiger partial charge is 0.236 e. The van der Waals surface area contributed by atoms with Crippen molar-refractivity contribution in [2.75, 3.05) is 0 Å². The quantitative estimate of drug-likeness (QED) is 0.728. The molecule has 0 amide bonds. The molecule has 1 fully saturated rings. The molecule has 2 heterocycles. The van der Waals surface area contributed by atoms with Crippen LogP contribution in [0.1, 0.15) is 42.9 Å². The van der Waals surface area contributed by atoms with E-state index in [0.29, 0.717) is 17.1 Å². The zero-order chi connectivity index (χ0) is 11.0. The maximum Gasteiger partial charge on any atom is 0.173 e. The van der Waals surface area contributed by atoms with Gasteiger partial charge in [0.05, 0.1) is 5.69 Å². The number of rotatable bonds is 1. The second kappa shape index (κ2) is 3.60. The summed E-state index contributed by atoms with van der Waals surface area (Å²) in [5.74, 6) is 0.455. The van der Waals surface area contributed by atoms with E-state index in [0.717, 1.165) is 18.5 Å². The average Bonchev–Trinajstić information content (AvgIpc) is 2.95. The zero-order valence-corrected chi connectivity index (χ0v) is 8.93. The minimum Gasteiger partial charge on any atom is -0.236 e. The Morgan fingerprint density at radius 1 is 1.38 bits per heavy atom. The summed E-state index contributed by atoms with van der Waals surface area (Å²) in [5, 5.41) is 13.7. The van der Waals surface area contributed by atoms with Crippen molar-refractivity contribution in [1.29, 1.82) is 5.26 Å². The molecule has 0 aromatic carbocycles. The summed E-state index contributed by atoms with van der Waals surface area (Å²) >= 11 is 0. The minimum atomic E-state index is 0.455. The van der Waals surface area contributed by atoms with Gasteiger partial charge >= 0.3 is 0 Å². The molecule has 4 heteroatoms. The highest BCUT2D eigenvalue weighted by Crippen LogP contribution is 2.35. The number of aromatic nitrogens is 3. The van der Waals surface area contributed by atoms with E-state index in [2.05, 4.69) is 16.2 Å². The summed E-state index contributed by atoms with van der Waals surface area (Å²) in [6, 6.07) is 4.08. The van der Waals surface area contributed by atoms with Crippen molar-refractivity contribution in [3.63, 3.8) is 0 Å². The Morgan fingerprint density at radius 3 is 2.94 bits per heavy atom. The fraction of sp³-hybridized carbons (Fsp3) is 0.417. The van der Waals surface area contributed by atoms with Gasteiger partial charge in [0.2, 0.25) is 0 Å². The summed E-state index contributed by atoms with van der Waals surface area (Å²) in [6.07, 6.45) is 8.35. The van der Waals surface area contributed by atoms with Crippen molar-refractivity contribution < 1.29 is 0 Å². The van der Waals surface area contributed by atoms with E-state index < -0.39 is 0 Å². The van der Waals surface area contributed by atoms with Crippen LogP contribution in [0.25, 0.3) is 5.65 Å². The second-order valence-corrected chi connectivity index (χ2v) is 4.24. The lowest BCUT2D eigenvalue weighted by atomic mass is 10.0. The molecule has 0 aliphatic heterocycles. The SMILES string of the molecule is N#Cc1c(C2CCCC2)nn2cccnc12. The standard InChI is InChI=1S/C12H12N4/c13-8-10-11(9-4-1-2-5-9)15-16-7-3-6-14-12(10)16/h3,6-7,9H,1-2,4-5H2. The third kappa shape index (κ3) is 1.28. The molecule has 80 valence electrons. The smallest absolute Gasteiger partial charge is 0.173 e. The molecular formula is C12H12N4. The van der Waals surface area contributed by atoms with E-state index >= 15 is 0 Å². The van der Waals surface area contributed by atoms with Crippen LogP contribution in [0.2, 0.25) is 0 Å². The Bertz CT molecular complexity index is 558. The van der Waals surface area contributed by atoms with Crippen LogP contribution in [0.4, 0.5) is 0 Å². The predicted molar refractivity (Wildman–Crippen MR) is 58.9 cm³/mol. The third-order valence-corrected chi connectivity index (χ3v) is 3.28. The van der Waals surface area contributed by atoms with Gasteiger partial charge < -0.3 is 0 Å². The highest BCUT2D eigenvalue weighted by Gasteiger charge is 2.24. The van der Waals surface area contributed by atoms with Gasteiger partial charge in [-0.05, 0) is 18.9 Å². The molecule has 2 aromatic heterocycles. The highest BCUT2D eigenvalue weighted by atomic mass is 15.2. The van der Waals surface area contributed by atoms with Crippen LogP contribution in [-0.2, 0) is 0 Å². The van der Waals surface area contributed by atoms with E-state index in [9.17, 15) is 5.26 Å². The van der Waals surface area contributed by atoms with E-state index in [-0.39, 0.29) is 0 Å². The number of fused-ring (bicyclic) bond motifs is 1. The topological polar surface area (TPSA) is 54.0 Å². The minimum absolute atomic E-state index is 0.455. The molecule has 2 aromatic rings. The molecule has 0 unspecified atom stereocenters. The Kier molecular flexibility index (Phi) is 2.10. The molecule has 1 aliphatic rings. The number of hydrogen-bond donors (Lipinski definition) is 0. The van der Waals surface area contributed by atoms with Crippen molar-refractivity contribution in [3.8, 4) is 6.07 Å². The van der Waals surface area contributed by atoms with Crippen LogP contribution in [0.5, 0.6) is 0 Å². The maximum atomic E-state index is 9.22. The Morgan fingerprint density at radius 2 is 2.19 bits per heavy atom. The van der Waals surface area contributed by atoms with Gasteiger partial charge in [-0.2, -0.15) is 10.4 Å². The van der Waals surface area contributed by atoms with Gasteiger partial charge in [0.1, 0.15) is 11.6 Å². The van der Waals surface area contributed by atoms with E-state index in [1.54, 1.807) is 10.7 Å². The number of hydrogen-bond acceptors (Lipinski definition) is 3. The van der Waals surface area contributed by atoms with Crippen molar-refractivity contribution in [2.24, 2.45) is 0 Å². The lowest BCUT2D eigenvalue weighted by Gasteiger charge is -2.03. The summed E-state index contributed by atoms with van der Waals surface area (Å²) in [7, 11) is 0. The molecule has 0 radical (unpaired) electrons. The predicted octanol–water partition coefficient (Wildman–Crippen LogP) is 2.26. The zero-order valence-electron chi connectivity index (χ0n) is 8.93. The molecule has 1 saturated carbocycles. The Labute approximate surface area is 93.5 Å². The van der Waals surface area contributed by atoms with Gasteiger partial charge in [0.25, 0.3) is 0 Å². The normalized spacial score (nSPS) is 16.7. The van der Waals surface area contributed by atoms with Crippen molar-refractivity contribution >= 4 is 5.65 Å². The molecule has 4 nitrogen and oxygen atoms in total. The molecule has 16 heavy (non-hydrogen) atoms. The fourth-order valence-corrected chi connectivity index (χ4v) is 2.50. The van der Waals surface area contributed by atoms with Gasteiger partial charge in [0, 0.05) is 18.3 Å². The van der Waals surface area contributed by atoms with Crippen molar-refractivity contribution in [3.05, 3.63) is 29.7 Å². The van der Waals surface area contributed by atoms with Crippen LogP contribution >= 0.6 is 0 Å². The first-order valence-electron chi connectivity index (χ1n) is 5.63. The van der Waals surface area contributed by atoms with Crippen LogP contribution in [-0.4, -0.2) is 14.6 Å². The van der Waals surface area contributed by atoms with Crippen molar-refractivity contribution in [1.82, 2.24) is 14.6 Å². The molecule has 0 spiro atoms. The van der Waals surface area contributed by atoms with Gasteiger partial charge in [0.15, 0.2) is 5.65 Å². The van der Waals surface area contributed by atoms with E-state index in [1.807, 2.05) is 12.3 Å². The van der Waals surface area contributed by atoms with Crippen LogP contribution < -0.4 is 0 Å². The molecular weight excluding hydrogens is 200 g/mol. The molecule has 0 saturated heterocycles. The first-order chi connectivity index (χ1) is 7.90. The van der Waals surface area contributed by atoms with Gasteiger partial charge in [-0.1, -0.05) is 12.8 Å². The lowest BCUT2D eigenvalue weighted by molar-refractivity contribution is 0.683. The van der Waals surface area contributed by atoms with E-state index in [1.165, 1.54) is 12.8 Å². The molecule has 0 bridgehead atoms. The first kappa shape index (κ1) is 9.34. The van der Waals surface area contributed by atoms with Crippen LogP contribution in [0.15, 0.2) is 18.5 Å². The highest BCUT2D eigenvalue weighted by molar-refractivity contribution is 5.58. The van der Waals surface area contributed by atoms with Gasteiger partial charge in [-0.3, -0.25) is 0 Å². The molecule has 0 atom stereocenters. The fourth-order valence-electron chi connectivity index (χ4n) is 2.50. The summed E-state index contributed by atoms with van der Waals surface area (Å²) in [5.41, 5.74) is 2.29. The summed E-state index contributed by atoms with van der Waals surface area (Å²) < 4.78 is 1.71. The molecule has 3 rings (SSSR count). The average molecular weight is 212 g/mol. The third-order valence-electron chi connectivity index (χ3n) is 3.28. The first-order valence-corrected chi connectivity index (χ1v) is 5.63. The lowest BCUT2D eigenvalue weighted by Crippen LogP contribution is -1.96. The molecule has 1 aliphatic carbocycles. The van der Waals surface area contributed by atoms with Crippen molar-refractivity contribution in [2.45, 2.75) is 31.6 Å². The number of nitriles is 1. The van der Waals surface area contributed by atoms with Gasteiger partial charge in [-0.25, -0.2) is 9.50 Å². The summed E-state index contributed by atoms with van der Waals surface area (Å²) in [4.78, 5) is 4.22. The Balaban J connectivity index is 2.20. The second-order valence-electron chi connectivity index (χ2n) is 4.24. The number of nitrogens with zero attached hydrogens (tertiary/aromatic N) is 4. The monoisotopic (exact) mass is 212 g/mol. The maximum absolute atomic E-state index is 9.22. The summed E-state index contributed by atoms with van der Waals surface area (Å²) in [6.45, 7) is 0.